The Morgan fingerprint density at radius 3 is 2.78 bits per heavy atom. The van der Waals surface area contributed by atoms with Crippen LogP contribution in [0.1, 0.15) is 43.2 Å². The molecule has 0 saturated carbocycles. The van der Waals surface area contributed by atoms with Crippen molar-refractivity contribution in [3.63, 3.8) is 0 Å². The van der Waals surface area contributed by atoms with E-state index in [-0.39, 0.29) is 5.78 Å². The lowest BCUT2D eigenvalue weighted by Crippen LogP contribution is -2.32. The van der Waals surface area contributed by atoms with E-state index in [1.807, 2.05) is 6.92 Å². The van der Waals surface area contributed by atoms with Crippen molar-refractivity contribution in [2.24, 2.45) is 0 Å². The zero-order valence-electron chi connectivity index (χ0n) is 11.9. The summed E-state index contributed by atoms with van der Waals surface area (Å²) in [6.45, 7) is 9.68. The van der Waals surface area contributed by atoms with E-state index in [4.69, 9.17) is 0 Å². The van der Waals surface area contributed by atoms with Crippen LogP contribution in [-0.2, 0) is 0 Å². The SMILES string of the molecule is CCC(C)N(C)CCNc1snc(C)c1C(C)=O. The topological polar surface area (TPSA) is 45.2 Å². The fourth-order valence-corrected chi connectivity index (χ4v) is 2.65. The van der Waals surface area contributed by atoms with E-state index < -0.39 is 0 Å². The highest BCUT2D eigenvalue weighted by Gasteiger charge is 2.14. The number of nitrogens with one attached hydrogen (secondary N) is 1. The third kappa shape index (κ3) is 3.78. The molecular formula is C13H23N3OS. The van der Waals surface area contributed by atoms with Crippen molar-refractivity contribution in [1.82, 2.24) is 9.27 Å². The molecule has 0 aromatic carbocycles. The Morgan fingerprint density at radius 1 is 1.56 bits per heavy atom. The Morgan fingerprint density at radius 2 is 2.22 bits per heavy atom. The van der Waals surface area contributed by atoms with E-state index in [1.54, 1.807) is 6.92 Å². The molecule has 0 radical (unpaired) electrons. The number of carbonyl (C=O) groups excluding carboxylic acids is 1. The molecule has 0 fully saturated rings. The fraction of sp³-hybridized carbons (Fsp3) is 0.692. The third-order valence-corrected chi connectivity index (χ3v) is 4.20. The molecule has 1 atom stereocenters. The molecule has 0 aliphatic carbocycles. The van der Waals surface area contributed by atoms with Crippen LogP contribution < -0.4 is 5.32 Å². The molecule has 5 heteroatoms. The number of carbonyl (C=O) groups is 1. The number of anilines is 1. The average Bonchev–Trinajstić information content (AvgIpc) is 2.69. The second kappa shape index (κ2) is 6.85. The van der Waals surface area contributed by atoms with Gasteiger partial charge in [0.25, 0.3) is 0 Å². The van der Waals surface area contributed by atoms with Gasteiger partial charge in [0.05, 0.1) is 11.3 Å². The van der Waals surface area contributed by atoms with E-state index in [1.165, 1.54) is 11.5 Å². The Balaban J connectivity index is 2.52. The van der Waals surface area contributed by atoms with Crippen LogP contribution in [0.4, 0.5) is 5.00 Å². The van der Waals surface area contributed by atoms with Crippen LogP contribution in [0.2, 0.25) is 0 Å². The highest BCUT2D eigenvalue weighted by atomic mass is 32.1. The predicted molar refractivity (Wildman–Crippen MR) is 77.7 cm³/mol. The van der Waals surface area contributed by atoms with Gasteiger partial charge in [-0.05, 0) is 45.8 Å². The smallest absolute Gasteiger partial charge is 0.164 e. The monoisotopic (exact) mass is 269 g/mol. The molecule has 1 heterocycles. The minimum Gasteiger partial charge on any atom is -0.374 e. The van der Waals surface area contributed by atoms with E-state index >= 15 is 0 Å². The van der Waals surface area contributed by atoms with Crippen LogP contribution in [0.15, 0.2) is 0 Å². The van der Waals surface area contributed by atoms with Gasteiger partial charge in [0, 0.05) is 19.1 Å². The number of aryl methyl sites for hydroxylation is 1. The summed E-state index contributed by atoms with van der Waals surface area (Å²) in [5.74, 6) is 0.0824. The summed E-state index contributed by atoms with van der Waals surface area (Å²) in [6, 6.07) is 0.585. The zero-order valence-corrected chi connectivity index (χ0v) is 12.7. The van der Waals surface area contributed by atoms with Crippen molar-refractivity contribution in [2.45, 2.75) is 40.2 Å². The van der Waals surface area contributed by atoms with Gasteiger partial charge in [-0.3, -0.25) is 4.79 Å². The molecule has 0 saturated heterocycles. The largest absolute Gasteiger partial charge is 0.374 e. The van der Waals surface area contributed by atoms with Crippen molar-refractivity contribution in [1.29, 1.82) is 0 Å². The van der Waals surface area contributed by atoms with Gasteiger partial charge in [0.1, 0.15) is 5.00 Å². The summed E-state index contributed by atoms with van der Waals surface area (Å²) in [6.07, 6.45) is 1.15. The number of aromatic nitrogens is 1. The number of nitrogens with zero attached hydrogens (tertiary/aromatic N) is 2. The fourth-order valence-electron chi connectivity index (χ4n) is 1.78. The number of hydrogen-bond acceptors (Lipinski definition) is 5. The Hall–Kier alpha value is -0.940. The van der Waals surface area contributed by atoms with Gasteiger partial charge in [0.15, 0.2) is 5.78 Å². The molecule has 1 N–H and O–H groups in total. The summed E-state index contributed by atoms with van der Waals surface area (Å²) in [5.41, 5.74) is 1.57. The minimum absolute atomic E-state index is 0.0824. The maximum absolute atomic E-state index is 11.5. The molecule has 18 heavy (non-hydrogen) atoms. The first-order chi connectivity index (χ1) is 8.47. The van der Waals surface area contributed by atoms with E-state index in [2.05, 4.69) is 35.5 Å². The van der Waals surface area contributed by atoms with E-state index in [0.717, 1.165) is 35.8 Å². The third-order valence-electron chi connectivity index (χ3n) is 3.31. The summed E-state index contributed by atoms with van der Waals surface area (Å²) in [5, 5.41) is 4.22. The molecule has 0 aliphatic heterocycles. The van der Waals surface area contributed by atoms with Crippen LogP contribution in [-0.4, -0.2) is 41.2 Å². The van der Waals surface area contributed by atoms with Crippen LogP contribution in [0.3, 0.4) is 0 Å². The first-order valence-corrected chi connectivity index (χ1v) is 7.16. The second-order valence-electron chi connectivity index (χ2n) is 4.69. The lowest BCUT2D eigenvalue weighted by Gasteiger charge is -2.23. The van der Waals surface area contributed by atoms with Gasteiger partial charge in [0.2, 0.25) is 0 Å². The van der Waals surface area contributed by atoms with Crippen LogP contribution in [0, 0.1) is 6.92 Å². The molecular weight excluding hydrogens is 246 g/mol. The van der Waals surface area contributed by atoms with Crippen molar-refractivity contribution in [3.05, 3.63) is 11.3 Å². The normalized spacial score (nSPS) is 12.8. The van der Waals surface area contributed by atoms with Crippen molar-refractivity contribution < 1.29 is 4.79 Å². The zero-order chi connectivity index (χ0) is 13.7. The number of rotatable bonds is 7. The molecule has 102 valence electrons. The van der Waals surface area contributed by atoms with Crippen LogP contribution in [0.5, 0.6) is 0 Å². The highest BCUT2D eigenvalue weighted by molar-refractivity contribution is 7.10. The van der Waals surface area contributed by atoms with Gasteiger partial charge < -0.3 is 10.2 Å². The number of Topliss-reactive ketones (excluding diaryl/α,β-unsaturated/α-hetero) is 1. The molecule has 1 unspecified atom stereocenters. The molecule has 4 nitrogen and oxygen atoms in total. The molecule has 0 amide bonds. The van der Waals surface area contributed by atoms with E-state index in [0.29, 0.717) is 6.04 Å². The van der Waals surface area contributed by atoms with Crippen molar-refractivity contribution in [3.8, 4) is 0 Å². The van der Waals surface area contributed by atoms with E-state index in [9.17, 15) is 4.79 Å². The Labute approximate surface area is 114 Å². The standard InChI is InChI=1S/C13H23N3OS/c1-6-9(2)16(5)8-7-14-13-12(11(4)17)10(3)15-18-13/h9,14H,6-8H2,1-5H3. The summed E-state index contributed by atoms with van der Waals surface area (Å²) in [4.78, 5) is 13.8. The first-order valence-electron chi connectivity index (χ1n) is 6.38. The molecule has 1 aromatic heterocycles. The van der Waals surface area contributed by atoms with Gasteiger partial charge in [-0.25, -0.2) is 0 Å². The molecule has 1 aromatic rings. The van der Waals surface area contributed by atoms with Gasteiger partial charge >= 0.3 is 0 Å². The van der Waals surface area contributed by atoms with Gasteiger partial charge in [-0.15, -0.1) is 0 Å². The van der Waals surface area contributed by atoms with Gasteiger partial charge in [-0.1, -0.05) is 6.92 Å². The predicted octanol–water partition coefficient (Wildman–Crippen LogP) is 2.80. The van der Waals surface area contributed by atoms with Crippen molar-refractivity contribution in [2.75, 3.05) is 25.5 Å². The number of ketones is 1. The lowest BCUT2D eigenvalue weighted by atomic mass is 10.2. The van der Waals surface area contributed by atoms with Crippen LogP contribution in [0.25, 0.3) is 0 Å². The summed E-state index contributed by atoms with van der Waals surface area (Å²) in [7, 11) is 2.12. The maximum atomic E-state index is 11.5. The maximum Gasteiger partial charge on any atom is 0.164 e. The highest BCUT2D eigenvalue weighted by Crippen LogP contribution is 2.24. The Kier molecular flexibility index (Phi) is 5.75. The molecule has 0 aliphatic rings. The van der Waals surface area contributed by atoms with Crippen LogP contribution >= 0.6 is 11.5 Å². The number of hydrogen-bond donors (Lipinski definition) is 1. The second-order valence-corrected chi connectivity index (χ2v) is 5.47. The summed E-state index contributed by atoms with van der Waals surface area (Å²) < 4.78 is 4.23. The molecule has 1 rings (SSSR count). The first kappa shape index (κ1) is 15.1. The average molecular weight is 269 g/mol. The minimum atomic E-state index is 0.0824. The van der Waals surface area contributed by atoms with Crippen molar-refractivity contribution >= 4 is 22.3 Å². The van der Waals surface area contributed by atoms with Gasteiger partial charge in [-0.2, -0.15) is 4.37 Å². The molecule has 0 spiro atoms. The Bertz CT molecular complexity index is 403. The molecule has 0 bridgehead atoms. The lowest BCUT2D eigenvalue weighted by molar-refractivity contribution is 0.101. The summed E-state index contributed by atoms with van der Waals surface area (Å²) >= 11 is 1.37. The number of likely N-dealkylation sites (N-methyl/N-ethyl adjacent to an activating group) is 1. The quantitative estimate of drug-likeness (QED) is 0.773.